The Morgan fingerprint density at radius 1 is 1.29 bits per heavy atom. The first-order chi connectivity index (χ1) is 11.2. The van der Waals surface area contributed by atoms with Crippen LogP contribution in [0, 0.1) is 5.92 Å². The van der Waals surface area contributed by atoms with Gasteiger partial charge in [0.05, 0.1) is 18.6 Å². The molecule has 0 saturated carbocycles. The van der Waals surface area contributed by atoms with Crippen LogP contribution in [-0.2, 0) is 14.3 Å². The van der Waals surface area contributed by atoms with Crippen molar-refractivity contribution < 1.29 is 32.3 Å². The molecule has 6 nitrogen and oxygen atoms in total. The molecule has 0 radical (unpaired) electrons. The predicted octanol–water partition coefficient (Wildman–Crippen LogP) is 1.82. The minimum absolute atomic E-state index is 0.262. The van der Waals surface area contributed by atoms with Crippen molar-refractivity contribution in [2.45, 2.75) is 12.6 Å². The van der Waals surface area contributed by atoms with Crippen molar-refractivity contribution in [2.24, 2.45) is 5.92 Å². The topological polar surface area (TPSA) is 75.7 Å². The minimum atomic E-state index is -4.50. The SMILES string of the molecule is COC(=O)c1ccc(NC(=O)C2CC(=O)N(CC(F)(F)F)C2)cc1. The standard InChI is InChI=1S/C15H15F3N2O4/c1-24-14(23)9-2-4-11(5-3-9)19-13(22)10-6-12(21)20(7-10)8-15(16,17)18/h2-5,10H,6-8H2,1H3,(H,19,22). The van der Waals surface area contributed by atoms with Crippen molar-refractivity contribution >= 4 is 23.5 Å². The Kier molecular flexibility index (Phi) is 5.10. The molecule has 1 fully saturated rings. The number of amides is 2. The summed E-state index contributed by atoms with van der Waals surface area (Å²) in [7, 11) is 1.24. The third-order valence-electron chi connectivity index (χ3n) is 3.53. The number of halogens is 3. The molecule has 1 aliphatic heterocycles. The van der Waals surface area contributed by atoms with Gasteiger partial charge in [0.2, 0.25) is 11.8 Å². The van der Waals surface area contributed by atoms with Gasteiger partial charge in [-0.1, -0.05) is 0 Å². The lowest BCUT2D eigenvalue weighted by Gasteiger charge is -2.18. The maximum Gasteiger partial charge on any atom is 0.406 e. The Balaban J connectivity index is 1.95. The first-order valence-corrected chi connectivity index (χ1v) is 7.03. The van der Waals surface area contributed by atoms with Crippen LogP contribution < -0.4 is 5.32 Å². The summed E-state index contributed by atoms with van der Waals surface area (Å²) in [4.78, 5) is 35.6. The van der Waals surface area contributed by atoms with Gasteiger partial charge in [0.15, 0.2) is 0 Å². The van der Waals surface area contributed by atoms with E-state index >= 15 is 0 Å². The number of nitrogens with one attached hydrogen (secondary N) is 1. The molecule has 24 heavy (non-hydrogen) atoms. The monoisotopic (exact) mass is 344 g/mol. The molecule has 2 amide bonds. The molecule has 1 unspecified atom stereocenters. The fourth-order valence-corrected chi connectivity index (χ4v) is 2.37. The van der Waals surface area contributed by atoms with E-state index in [1.54, 1.807) is 0 Å². The van der Waals surface area contributed by atoms with Crippen LogP contribution in [-0.4, -0.2) is 49.1 Å². The fourth-order valence-electron chi connectivity index (χ4n) is 2.37. The van der Waals surface area contributed by atoms with Gasteiger partial charge in [-0.2, -0.15) is 13.2 Å². The van der Waals surface area contributed by atoms with Crippen LogP contribution >= 0.6 is 0 Å². The number of nitrogens with zero attached hydrogens (tertiary/aromatic N) is 1. The molecule has 1 heterocycles. The van der Waals surface area contributed by atoms with Gasteiger partial charge in [0.25, 0.3) is 0 Å². The van der Waals surface area contributed by atoms with Crippen LogP contribution in [0.4, 0.5) is 18.9 Å². The number of benzene rings is 1. The summed E-state index contributed by atoms with van der Waals surface area (Å²) in [5.74, 6) is -2.62. The summed E-state index contributed by atoms with van der Waals surface area (Å²) >= 11 is 0. The average Bonchev–Trinajstić information content (AvgIpc) is 2.86. The molecule has 1 aromatic rings. The molecule has 0 aliphatic carbocycles. The maximum atomic E-state index is 12.4. The van der Waals surface area contributed by atoms with E-state index in [1.165, 1.54) is 31.4 Å². The molecule has 1 atom stereocenters. The lowest BCUT2D eigenvalue weighted by atomic mass is 10.1. The van der Waals surface area contributed by atoms with Gasteiger partial charge in [0.1, 0.15) is 6.54 Å². The van der Waals surface area contributed by atoms with Gasteiger partial charge < -0.3 is 15.0 Å². The van der Waals surface area contributed by atoms with Crippen LogP contribution in [0.3, 0.4) is 0 Å². The highest BCUT2D eigenvalue weighted by Gasteiger charge is 2.40. The van der Waals surface area contributed by atoms with Gasteiger partial charge in [-0.25, -0.2) is 4.79 Å². The van der Waals surface area contributed by atoms with Crippen molar-refractivity contribution in [3.8, 4) is 0 Å². The third kappa shape index (κ3) is 4.46. The first kappa shape index (κ1) is 17.8. The lowest BCUT2D eigenvalue weighted by molar-refractivity contribution is -0.157. The number of alkyl halides is 3. The minimum Gasteiger partial charge on any atom is -0.465 e. The van der Waals surface area contributed by atoms with E-state index < -0.39 is 36.4 Å². The Bertz CT molecular complexity index is 643. The molecule has 2 rings (SSSR count). The number of hydrogen-bond acceptors (Lipinski definition) is 4. The van der Waals surface area contributed by atoms with Gasteiger partial charge in [-0.05, 0) is 24.3 Å². The van der Waals surface area contributed by atoms with Crippen LogP contribution in [0.25, 0.3) is 0 Å². The zero-order valence-corrected chi connectivity index (χ0v) is 12.7. The van der Waals surface area contributed by atoms with Crippen LogP contribution in [0.2, 0.25) is 0 Å². The molecule has 0 bridgehead atoms. The number of carbonyl (C=O) groups excluding carboxylic acids is 3. The summed E-state index contributed by atoms with van der Waals surface area (Å²) in [6.45, 7) is -1.63. The summed E-state index contributed by atoms with van der Waals surface area (Å²) in [6.07, 6.45) is -4.76. The molecule has 130 valence electrons. The lowest BCUT2D eigenvalue weighted by Crippen LogP contribution is -2.36. The number of anilines is 1. The van der Waals surface area contributed by atoms with E-state index in [1.807, 2.05) is 0 Å². The number of rotatable bonds is 4. The molecule has 0 aromatic heterocycles. The smallest absolute Gasteiger partial charge is 0.406 e. The maximum absolute atomic E-state index is 12.4. The summed E-state index contributed by atoms with van der Waals surface area (Å²) < 4.78 is 41.6. The van der Waals surface area contributed by atoms with E-state index in [4.69, 9.17) is 0 Å². The van der Waals surface area contributed by atoms with E-state index in [9.17, 15) is 27.6 Å². The Labute approximate surface area is 135 Å². The fraction of sp³-hybridized carbons (Fsp3) is 0.400. The number of likely N-dealkylation sites (tertiary alicyclic amines) is 1. The molecule has 1 aromatic carbocycles. The highest BCUT2D eigenvalue weighted by molar-refractivity contribution is 5.97. The van der Waals surface area contributed by atoms with Crippen molar-refractivity contribution in [1.29, 1.82) is 0 Å². The molecule has 1 N–H and O–H groups in total. The number of esters is 1. The highest BCUT2D eigenvalue weighted by atomic mass is 19.4. The second-order valence-corrected chi connectivity index (χ2v) is 5.35. The third-order valence-corrected chi connectivity index (χ3v) is 3.53. The van der Waals surface area contributed by atoms with Gasteiger partial charge in [-0.3, -0.25) is 9.59 Å². The first-order valence-electron chi connectivity index (χ1n) is 7.03. The summed E-state index contributed by atoms with van der Waals surface area (Å²) in [6, 6.07) is 5.82. The van der Waals surface area contributed by atoms with Crippen LogP contribution in [0.1, 0.15) is 16.8 Å². The quantitative estimate of drug-likeness (QED) is 0.846. The van der Waals surface area contributed by atoms with E-state index in [2.05, 4.69) is 10.1 Å². The number of hydrogen-bond donors (Lipinski definition) is 1. The van der Waals surface area contributed by atoms with Gasteiger partial charge >= 0.3 is 12.1 Å². The Morgan fingerprint density at radius 3 is 2.46 bits per heavy atom. The summed E-state index contributed by atoms with van der Waals surface area (Å²) in [5.41, 5.74) is 0.664. The molecular formula is C15H15F3N2O4. The highest BCUT2D eigenvalue weighted by Crippen LogP contribution is 2.24. The molecule has 1 saturated heterocycles. The second kappa shape index (κ2) is 6.90. The molecule has 0 spiro atoms. The van der Waals surface area contributed by atoms with Crippen molar-refractivity contribution in [2.75, 3.05) is 25.5 Å². The predicted molar refractivity (Wildman–Crippen MR) is 77.2 cm³/mol. The number of ether oxygens (including phenoxy) is 1. The van der Waals surface area contributed by atoms with E-state index in [0.717, 1.165) is 0 Å². The second-order valence-electron chi connectivity index (χ2n) is 5.35. The number of carbonyl (C=O) groups is 3. The van der Waals surface area contributed by atoms with Crippen LogP contribution in [0.15, 0.2) is 24.3 Å². The van der Waals surface area contributed by atoms with Gasteiger partial charge in [0, 0.05) is 18.7 Å². The number of methoxy groups -OCH3 is 1. The van der Waals surface area contributed by atoms with Crippen molar-refractivity contribution in [3.05, 3.63) is 29.8 Å². The van der Waals surface area contributed by atoms with Crippen LogP contribution in [0.5, 0.6) is 0 Å². The zero-order chi connectivity index (χ0) is 17.9. The Morgan fingerprint density at radius 2 is 1.92 bits per heavy atom. The zero-order valence-electron chi connectivity index (χ0n) is 12.7. The average molecular weight is 344 g/mol. The van der Waals surface area contributed by atoms with Crippen molar-refractivity contribution in [1.82, 2.24) is 4.90 Å². The van der Waals surface area contributed by atoms with E-state index in [-0.39, 0.29) is 13.0 Å². The van der Waals surface area contributed by atoms with Gasteiger partial charge in [-0.15, -0.1) is 0 Å². The molecular weight excluding hydrogens is 329 g/mol. The largest absolute Gasteiger partial charge is 0.465 e. The van der Waals surface area contributed by atoms with Crippen molar-refractivity contribution in [3.63, 3.8) is 0 Å². The Hall–Kier alpha value is -2.58. The normalized spacial score (nSPS) is 17.8. The molecule has 1 aliphatic rings. The molecule has 9 heteroatoms. The summed E-state index contributed by atoms with van der Waals surface area (Å²) in [5, 5.41) is 2.52. The van der Waals surface area contributed by atoms with E-state index in [0.29, 0.717) is 16.2 Å².